The molecule has 5 heteroatoms. The second-order valence-electron chi connectivity index (χ2n) is 4.73. The lowest BCUT2D eigenvalue weighted by Crippen LogP contribution is -2.19. The monoisotopic (exact) mass is 332 g/mol. The van der Waals surface area contributed by atoms with E-state index in [9.17, 15) is 0 Å². The van der Waals surface area contributed by atoms with Gasteiger partial charge >= 0.3 is 0 Å². The van der Waals surface area contributed by atoms with E-state index in [1.165, 1.54) is 5.56 Å². The number of amidine groups is 1. The molecule has 0 bridgehead atoms. The summed E-state index contributed by atoms with van der Waals surface area (Å²) in [5.41, 5.74) is 8.33. The Kier molecular flexibility index (Phi) is 4.87. The number of nitrogens with one attached hydrogen (secondary N) is 1. The molecule has 0 radical (unpaired) electrons. The van der Waals surface area contributed by atoms with Crippen LogP contribution in [0.15, 0.2) is 47.1 Å². The Bertz CT molecular complexity index is 612. The van der Waals surface area contributed by atoms with Gasteiger partial charge in [-0.1, -0.05) is 34.1 Å². The molecule has 1 aromatic heterocycles. The third-order valence-electron chi connectivity index (χ3n) is 2.95. The highest BCUT2D eigenvalue weighted by Gasteiger charge is 2.06. The fourth-order valence-corrected chi connectivity index (χ4v) is 2.42. The fraction of sp³-hybridized carbons (Fsp3) is 0.200. The van der Waals surface area contributed by atoms with Gasteiger partial charge in [-0.3, -0.25) is 15.3 Å². The van der Waals surface area contributed by atoms with Crippen molar-refractivity contribution in [2.24, 2.45) is 5.73 Å². The summed E-state index contributed by atoms with van der Waals surface area (Å²) in [5, 5.41) is 7.42. The average molecular weight is 333 g/mol. The lowest BCUT2D eigenvalue weighted by atomic mass is 10.2. The zero-order valence-electron chi connectivity index (χ0n) is 11.3. The number of aromatic nitrogens is 1. The van der Waals surface area contributed by atoms with E-state index < -0.39 is 0 Å². The molecule has 0 amide bonds. The first-order valence-electron chi connectivity index (χ1n) is 6.27. The zero-order chi connectivity index (χ0) is 14.5. The molecule has 2 aromatic rings. The van der Waals surface area contributed by atoms with E-state index in [0.29, 0.717) is 5.69 Å². The van der Waals surface area contributed by atoms with Crippen molar-refractivity contribution in [2.45, 2.75) is 13.1 Å². The molecule has 1 heterocycles. The first-order chi connectivity index (χ1) is 9.56. The molecule has 0 aliphatic heterocycles. The molecular weight excluding hydrogens is 316 g/mol. The summed E-state index contributed by atoms with van der Waals surface area (Å²) in [6.07, 6.45) is 1.69. The van der Waals surface area contributed by atoms with E-state index in [1.807, 2.05) is 30.3 Å². The summed E-state index contributed by atoms with van der Waals surface area (Å²) >= 11 is 3.56. The van der Waals surface area contributed by atoms with Crippen LogP contribution < -0.4 is 5.73 Å². The van der Waals surface area contributed by atoms with Crippen molar-refractivity contribution in [3.63, 3.8) is 0 Å². The maximum Gasteiger partial charge on any atom is 0.141 e. The molecule has 4 nitrogen and oxygen atoms in total. The maximum atomic E-state index is 7.42. The van der Waals surface area contributed by atoms with Crippen LogP contribution in [0, 0.1) is 5.41 Å². The van der Waals surface area contributed by atoms with Crippen LogP contribution in [0.5, 0.6) is 0 Å². The number of nitrogens with two attached hydrogens (primary N) is 1. The van der Waals surface area contributed by atoms with E-state index in [2.05, 4.69) is 38.9 Å². The predicted molar refractivity (Wildman–Crippen MR) is 84.6 cm³/mol. The molecule has 3 N–H and O–H groups in total. The summed E-state index contributed by atoms with van der Waals surface area (Å²) < 4.78 is 1.12. The number of pyridine rings is 1. The van der Waals surface area contributed by atoms with Crippen molar-refractivity contribution in [3.05, 3.63) is 63.9 Å². The highest BCUT2D eigenvalue weighted by atomic mass is 79.9. The Labute approximate surface area is 127 Å². The number of benzene rings is 1. The molecule has 1 aromatic carbocycles. The lowest BCUT2D eigenvalue weighted by molar-refractivity contribution is 0.318. The predicted octanol–water partition coefficient (Wildman–Crippen LogP) is 2.76. The summed E-state index contributed by atoms with van der Waals surface area (Å²) in [4.78, 5) is 6.28. The minimum atomic E-state index is 0.000284. The minimum absolute atomic E-state index is 0.000284. The fourth-order valence-electron chi connectivity index (χ4n) is 2.00. The smallest absolute Gasteiger partial charge is 0.141 e. The number of hydrogen-bond donors (Lipinski definition) is 2. The summed E-state index contributed by atoms with van der Waals surface area (Å²) in [6.45, 7) is 1.63. The van der Waals surface area contributed by atoms with Gasteiger partial charge in [0, 0.05) is 23.8 Å². The van der Waals surface area contributed by atoms with Crippen molar-refractivity contribution >= 4 is 21.8 Å². The Morgan fingerprint density at radius 2 is 2.05 bits per heavy atom. The van der Waals surface area contributed by atoms with Gasteiger partial charge in [0.05, 0.1) is 0 Å². The standard InChI is InChI=1S/C15H17BrN4/c1-20(10-12-4-2-3-5-13(12)16)9-11-6-7-19-14(8-11)15(17)18/h2-8H,9-10H2,1H3,(H3,17,18). The van der Waals surface area contributed by atoms with Gasteiger partial charge in [-0.25, -0.2) is 0 Å². The Hall–Kier alpha value is -1.72. The second kappa shape index (κ2) is 6.63. The van der Waals surface area contributed by atoms with Gasteiger partial charge in [0.2, 0.25) is 0 Å². The molecule has 0 saturated heterocycles. The van der Waals surface area contributed by atoms with Gasteiger partial charge in [0.15, 0.2) is 0 Å². The Morgan fingerprint density at radius 3 is 2.75 bits per heavy atom. The molecule has 0 atom stereocenters. The molecule has 0 fully saturated rings. The van der Waals surface area contributed by atoms with Crippen LogP contribution in [-0.2, 0) is 13.1 Å². The van der Waals surface area contributed by atoms with Gasteiger partial charge in [0.25, 0.3) is 0 Å². The first-order valence-corrected chi connectivity index (χ1v) is 7.07. The molecule has 0 aliphatic carbocycles. The van der Waals surface area contributed by atoms with Gasteiger partial charge < -0.3 is 5.73 Å². The second-order valence-corrected chi connectivity index (χ2v) is 5.58. The SMILES string of the molecule is CN(Cc1ccnc(C(=N)N)c1)Cc1ccccc1Br. The van der Waals surface area contributed by atoms with E-state index in [1.54, 1.807) is 6.20 Å². The number of nitrogens with zero attached hydrogens (tertiary/aromatic N) is 2. The van der Waals surface area contributed by atoms with Crippen LogP contribution in [0.3, 0.4) is 0 Å². The van der Waals surface area contributed by atoms with Gasteiger partial charge in [-0.2, -0.15) is 0 Å². The van der Waals surface area contributed by atoms with Crippen LogP contribution in [0.1, 0.15) is 16.8 Å². The van der Waals surface area contributed by atoms with E-state index in [0.717, 1.165) is 23.1 Å². The van der Waals surface area contributed by atoms with Crippen LogP contribution in [-0.4, -0.2) is 22.8 Å². The molecule has 0 unspecified atom stereocenters. The van der Waals surface area contributed by atoms with E-state index in [4.69, 9.17) is 11.1 Å². The van der Waals surface area contributed by atoms with Crippen molar-refractivity contribution in [3.8, 4) is 0 Å². The average Bonchev–Trinajstić information content (AvgIpc) is 2.41. The summed E-state index contributed by atoms with van der Waals surface area (Å²) in [6, 6.07) is 12.0. The number of rotatable bonds is 5. The zero-order valence-corrected chi connectivity index (χ0v) is 12.9. The maximum absolute atomic E-state index is 7.42. The molecule has 0 aliphatic rings. The molecule has 0 saturated carbocycles. The largest absolute Gasteiger partial charge is 0.382 e. The topological polar surface area (TPSA) is 66.0 Å². The lowest BCUT2D eigenvalue weighted by Gasteiger charge is -2.18. The molecule has 20 heavy (non-hydrogen) atoms. The van der Waals surface area contributed by atoms with Crippen molar-refractivity contribution < 1.29 is 0 Å². The molecule has 104 valence electrons. The van der Waals surface area contributed by atoms with Crippen LogP contribution >= 0.6 is 15.9 Å². The quantitative estimate of drug-likeness (QED) is 0.653. The van der Waals surface area contributed by atoms with E-state index >= 15 is 0 Å². The first kappa shape index (κ1) is 14.7. The number of hydrogen-bond acceptors (Lipinski definition) is 3. The van der Waals surface area contributed by atoms with Crippen molar-refractivity contribution in [1.29, 1.82) is 5.41 Å². The normalized spacial score (nSPS) is 10.8. The summed E-state index contributed by atoms with van der Waals surface area (Å²) in [5.74, 6) is 0.000284. The van der Waals surface area contributed by atoms with Crippen molar-refractivity contribution in [2.75, 3.05) is 7.05 Å². The third kappa shape index (κ3) is 3.88. The molecule has 2 rings (SSSR count). The molecule has 0 spiro atoms. The highest BCUT2D eigenvalue weighted by Crippen LogP contribution is 2.18. The van der Waals surface area contributed by atoms with Gasteiger partial charge in [-0.15, -0.1) is 0 Å². The van der Waals surface area contributed by atoms with Crippen LogP contribution in [0.2, 0.25) is 0 Å². The molecular formula is C15H17BrN4. The van der Waals surface area contributed by atoms with E-state index in [-0.39, 0.29) is 5.84 Å². The van der Waals surface area contributed by atoms with Gasteiger partial charge in [0.1, 0.15) is 11.5 Å². The van der Waals surface area contributed by atoms with Gasteiger partial charge in [-0.05, 0) is 36.4 Å². The third-order valence-corrected chi connectivity index (χ3v) is 3.72. The highest BCUT2D eigenvalue weighted by molar-refractivity contribution is 9.10. The number of nitrogen functional groups attached to an aromatic ring is 1. The Balaban J connectivity index is 2.05. The minimum Gasteiger partial charge on any atom is -0.382 e. The summed E-state index contributed by atoms with van der Waals surface area (Å²) in [7, 11) is 2.06. The number of halogens is 1. The van der Waals surface area contributed by atoms with Crippen LogP contribution in [0.25, 0.3) is 0 Å². The van der Waals surface area contributed by atoms with Crippen LogP contribution in [0.4, 0.5) is 0 Å². The van der Waals surface area contributed by atoms with Crippen molar-refractivity contribution in [1.82, 2.24) is 9.88 Å². The Morgan fingerprint density at radius 1 is 1.30 bits per heavy atom.